The highest BCUT2D eigenvalue weighted by Gasteiger charge is 2.28. The van der Waals surface area contributed by atoms with Gasteiger partial charge in [0.05, 0.1) is 24.3 Å². The Morgan fingerprint density at radius 2 is 1.54 bits per heavy atom. The van der Waals surface area contributed by atoms with Crippen LogP contribution in [0.25, 0.3) is 17.0 Å². The topological polar surface area (TPSA) is 76.9 Å². The van der Waals surface area contributed by atoms with Crippen molar-refractivity contribution < 1.29 is 23.5 Å². The second-order valence-electron chi connectivity index (χ2n) is 14.7. The molecule has 0 bridgehead atoms. The van der Waals surface area contributed by atoms with Gasteiger partial charge in [0, 0.05) is 24.4 Å². The van der Waals surface area contributed by atoms with E-state index in [1.54, 1.807) is 4.90 Å². The molecule has 0 aliphatic carbocycles. The fraction of sp³-hybridized carbons (Fsp3) is 0.541. The molecule has 5 rings (SSSR count). The maximum Gasteiger partial charge on any atom is 0.410 e. The van der Waals surface area contributed by atoms with E-state index in [1.165, 1.54) is 12.1 Å². The fourth-order valence-corrected chi connectivity index (χ4v) is 6.27. The van der Waals surface area contributed by atoms with E-state index in [9.17, 15) is 14.0 Å². The van der Waals surface area contributed by atoms with Crippen molar-refractivity contribution in [1.82, 2.24) is 19.6 Å². The summed E-state index contributed by atoms with van der Waals surface area (Å²) < 4.78 is 26.8. The monoisotopic (exact) mass is 632 g/mol. The summed E-state index contributed by atoms with van der Waals surface area (Å²) in [5, 5.41) is 6.28. The number of amides is 1. The Bertz CT molecular complexity index is 1530. The number of carbonyl (C=O) groups excluding carboxylic acids is 2. The number of carbonyl (C=O) groups is 2. The van der Waals surface area contributed by atoms with E-state index in [4.69, 9.17) is 14.6 Å². The molecule has 248 valence electrons. The van der Waals surface area contributed by atoms with Crippen LogP contribution in [-0.4, -0.2) is 75.6 Å². The van der Waals surface area contributed by atoms with Crippen molar-refractivity contribution >= 4 is 29.0 Å². The van der Waals surface area contributed by atoms with Crippen molar-refractivity contribution in [2.45, 2.75) is 90.9 Å². The quantitative estimate of drug-likeness (QED) is 0.253. The third-order valence-corrected chi connectivity index (χ3v) is 8.55. The SMILES string of the molecule is CC(C)(C)OC(=O)CN1CCC(c2nn(Cc3ccc(F)cc3)c3cc(/C=C/C4CCN(C(=O)OC(C)(C)C)CC4)ccc23)CC1. The molecule has 2 aromatic carbocycles. The predicted molar refractivity (Wildman–Crippen MR) is 179 cm³/mol. The van der Waals surface area contributed by atoms with E-state index in [2.05, 4.69) is 35.3 Å². The maximum absolute atomic E-state index is 13.6. The van der Waals surface area contributed by atoms with Gasteiger partial charge in [-0.05, 0) is 116 Å². The number of esters is 1. The zero-order chi connectivity index (χ0) is 33.1. The molecule has 8 nitrogen and oxygen atoms in total. The summed E-state index contributed by atoms with van der Waals surface area (Å²) in [6, 6.07) is 13.1. The molecule has 0 saturated carbocycles. The van der Waals surface area contributed by atoms with Gasteiger partial charge in [-0.15, -0.1) is 0 Å². The molecule has 3 aromatic rings. The van der Waals surface area contributed by atoms with E-state index in [0.29, 0.717) is 32.1 Å². The van der Waals surface area contributed by atoms with Gasteiger partial charge < -0.3 is 14.4 Å². The molecular weight excluding hydrogens is 583 g/mol. The van der Waals surface area contributed by atoms with Crippen LogP contribution < -0.4 is 0 Å². The van der Waals surface area contributed by atoms with Gasteiger partial charge in [-0.2, -0.15) is 5.10 Å². The second-order valence-corrected chi connectivity index (χ2v) is 14.7. The number of piperidine rings is 2. The number of rotatable bonds is 7. The first-order chi connectivity index (χ1) is 21.7. The third-order valence-electron chi connectivity index (χ3n) is 8.55. The lowest BCUT2D eigenvalue weighted by atomic mass is 9.91. The Balaban J connectivity index is 1.30. The molecule has 0 N–H and O–H groups in total. The predicted octanol–water partition coefficient (Wildman–Crippen LogP) is 7.41. The minimum atomic E-state index is -0.491. The van der Waals surface area contributed by atoms with Crippen LogP contribution in [0.3, 0.4) is 0 Å². The number of aromatic nitrogens is 2. The Labute approximate surface area is 272 Å². The molecule has 0 spiro atoms. The Morgan fingerprint density at radius 1 is 0.891 bits per heavy atom. The summed E-state index contributed by atoms with van der Waals surface area (Å²) in [7, 11) is 0. The number of allylic oxidation sites excluding steroid dienone is 1. The zero-order valence-corrected chi connectivity index (χ0v) is 28.2. The molecule has 1 amide bonds. The summed E-state index contributed by atoms with van der Waals surface area (Å²) >= 11 is 0. The van der Waals surface area contributed by atoms with Gasteiger partial charge in [0.1, 0.15) is 17.0 Å². The van der Waals surface area contributed by atoms with Crippen molar-refractivity contribution in [3.05, 3.63) is 71.2 Å². The van der Waals surface area contributed by atoms with Gasteiger partial charge in [0.2, 0.25) is 0 Å². The first-order valence-corrected chi connectivity index (χ1v) is 16.6. The number of hydrogen-bond acceptors (Lipinski definition) is 6. The maximum atomic E-state index is 13.6. The van der Waals surface area contributed by atoms with Crippen LogP contribution in [0.1, 0.15) is 90.0 Å². The Morgan fingerprint density at radius 3 is 2.17 bits per heavy atom. The van der Waals surface area contributed by atoms with Gasteiger partial charge in [-0.1, -0.05) is 36.4 Å². The van der Waals surface area contributed by atoms with Crippen LogP contribution in [0, 0.1) is 11.7 Å². The van der Waals surface area contributed by atoms with Crippen LogP contribution in [0.15, 0.2) is 48.5 Å². The summed E-state index contributed by atoms with van der Waals surface area (Å²) in [6.07, 6.45) is 7.82. The number of halogens is 1. The average Bonchev–Trinajstić information content (AvgIpc) is 3.33. The van der Waals surface area contributed by atoms with Gasteiger partial charge in [0.25, 0.3) is 0 Å². The molecule has 2 fully saturated rings. The second kappa shape index (κ2) is 14.0. The molecule has 0 unspecified atom stereocenters. The van der Waals surface area contributed by atoms with E-state index in [-0.39, 0.29) is 23.8 Å². The fourth-order valence-electron chi connectivity index (χ4n) is 6.27. The van der Waals surface area contributed by atoms with Crippen molar-refractivity contribution in [2.24, 2.45) is 5.92 Å². The molecule has 2 saturated heterocycles. The van der Waals surface area contributed by atoms with E-state index < -0.39 is 11.2 Å². The molecular formula is C37H49FN4O4. The first kappa shape index (κ1) is 33.6. The van der Waals surface area contributed by atoms with Gasteiger partial charge >= 0.3 is 12.1 Å². The van der Waals surface area contributed by atoms with Crippen LogP contribution in [0.5, 0.6) is 0 Å². The minimum Gasteiger partial charge on any atom is -0.459 e. The molecule has 1 aromatic heterocycles. The minimum absolute atomic E-state index is 0.186. The third kappa shape index (κ3) is 9.18. The first-order valence-electron chi connectivity index (χ1n) is 16.6. The number of benzene rings is 2. The van der Waals surface area contributed by atoms with E-state index >= 15 is 0 Å². The van der Waals surface area contributed by atoms with Crippen molar-refractivity contribution in [2.75, 3.05) is 32.7 Å². The highest BCUT2D eigenvalue weighted by molar-refractivity contribution is 5.85. The van der Waals surface area contributed by atoms with Crippen molar-refractivity contribution in [1.29, 1.82) is 0 Å². The van der Waals surface area contributed by atoms with Crippen LogP contribution in [0.2, 0.25) is 0 Å². The standard InChI is InChI=1S/C37H49FN4O4/c1-36(2,3)45-33(43)25-40-19-17-29(18-20-40)34-31-14-11-27(23-32(31)42(39-34)24-28-9-12-30(38)13-10-28)8-7-26-15-21-41(22-16-26)35(44)46-37(4,5)6/h7-14,23,26,29H,15-22,24-25H2,1-6H3/b8-7+. The lowest BCUT2D eigenvalue weighted by Crippen LogP contribution is -2.41. The molecule has 46 heavy (non-hydrogen) atoms. The van der Waals surface area contributed by atoms with Crippen LogP contribution >= 0.6 is 0 Å². The molecule has 2 aliphatic heterocycles. The average molecular weight is 633 g/mol. The lowest BCUT2D eigenvalue weighted by molar-refractivity contribution is -0.156. The van der Waals surface area contributed by atoms with Gasteiger partial charge in [-0.3, -0.25) is 14.4 Å². The molecule has 9 heteroatoms. The highest BCUT2D eigenvalue weighted by atomic mass is 19.1. The number of likely N-dealkylation sites (tertiary alicyclic amines) is 2. The highest BCUT2D eigenvalue weighted by Crippen LogP contribution is 2.34. The molecule has 0 radical (unpaired) electrons. The lowest BCUT2D eigenvalue weighted by Gasteiger charge is -2.32. The normalized spacial score (nSPS) is 17.6. The molecule has 0 atom stereocenters. The van der Waals surface area contributed by atoms with Crippen molar-refractivity contribution in [3.8, 4) is 0 Å². The largest absolute Gasteiger partial charge is 0.459 e. The van der Waals surface area contributed by atoms with Crippen LogP contribution in [0.4, 0.5) is 9.18 Å². The van der Waals surface area contributed by atoms with Gasteiger partial charge in [0.15, 0.2) is 0 Å². The summed E-state index contributed by atoms with van der Waals surface area (Å²) in [5.41, 5.74) is 3.24. The summed E-state index contributed by atoms with van der Waals surface area (Å²) in [6.45, 7) is 15.2. The summed E-state index contributed by atoms with van der Waals surface area (Å²) in [5.74, 6) is 0.231. The smallest absolute Gasteiger partial charge is 0.410 e. The Kier molecular flexibility index (Phi) is 10.2. The molecule has 2 aliphatic rings. The zero-order valence-electron chi connectivity index (χ0n) is 28.2. The number of ether oxygens (including phenoxy) is 2. The summed E-state index contributed by atoms with van der Waals surface area (Å²) in [4.78, 5) is 28.8. The van der Waals surface area contributed by atoms with E-state index in [0.717, 1.165) is 66.5 Å². The van der Waals surface area contributed by atoms with Gasteiger partial charge in [-0.25, -0.2) is 9.18 Å². The number of hydrogen-bond donors (Lipinski definition) is 0. The Hall–Kier alpha value is -3.72. The van der Waals surface area contributed by atoms with E-state index in [1.807, 2.05) is 58.4 Å². The molecule has 3 heterocycles. The number of fused-ring (bicyclic) bond motifs is 1. The number of nitrogens with zero attached hydrogens (tertiary/aromatic N) is 4. The van der Waals surface area contributed by atoms with Crippen molar-refractivity contribution in [3.63, 3.8) is 0 Å². The van der Waals surface area contributed by atoms with Crippen LogP contribution in [-0.2, 0) is 20.8 Å².